The highest BCUT2D eigenvalue weighted by molar-refractivity contribution is 5.94. The van der Waals surface area contributed by atoms with Crippen molar-refractivity contribution in [2.24, 2.45) is 0 Å². The molecule has 0 saturated carbocycles. The molecular weight excluding hydrogens is 246 g/mol. The maximum atomic E-state index is 12.1. The quantitative estimate of drug-likeness (QED) is 0.878. The first kappa shape index (κ1) is 14.3. The van der Waals surface area contributed by atoms with Gasteiger partial charge < -0.3 is 5.32 Å². The summed E-state index contributed by atoms with van der Waals surface area (Å²) in [7, 11) is 0. The van der Waals surface area contributed by atoms with Crippen LogP contribution in [0.3, 0.4) is 0 Å². The SMILES string of the molecule is Cc1ccc(C(=O)N[C@@H](C)CCc2ccccc2)cc1. The first-order chi connectivity index (χ1) is 9.65. The fourth-order valence-electron chi connectivity index (χ4n) is 2.11. The molecule has 2 heteroatoms. The van der Waals surface area contributed by atoms with Gasteiger partial charge in [-0.25, -0.2) is 0 Å². The van der Waals surface area contributed by atoms with Gasteiger partial charge in [0.2, 0.25) is 0 Å². The van der Waals surface area contributed by atoms with Crippen LogP contribution >= 0.6 is 0 Å². The molecule has 0 bridgehead atoms. The van der Waals surface area contributed by atoms with Crippen LogP contribution in [0, 0.1) is 6.92 Å². The van der Waals surface area contributed by atoms with Gasteiger partial charge >= 0.3 is 0 Å². The Morgan fingerprint density at radius 2 is 1.70 bits per heavy atom. The lowest BCUT2D eigenvalue weighted by Gasteiger charge is -2.14. The van der Waals surface area contributed by atoms with Crippen molar-refractivity contribution in [1.82, 2.24) is 5.32 Å². The lowest BCUT2D eigenvalue weighted by Crippen LogP contribution is -2.32. The molecule has 0 saturated heterocycles. The summed E-state index contributed by atoms with van der Waals surface area (Å²) in [6.07, 6.45) is 1.93. The van der Waals surface area contributed by atoms with Gasteiger partial charge in [0.1, 0.15) is 0 Å². The number of carbonyl (C=O) groups is 1. The van der Waals surface area contributed by atoms with Crippen LogP contribution in [-0.2, 0) is 6.42 Å². The summed E-state index contributed by atoms with van der Waals surface area (Å²) >= 11 is 0. The van der Waals surface area contributed by atoms with E-state index in [2.05, 4.69) is 24.4 Å². The fourth-order valence-corrected chi connectivity index (χ4v) is 2.11. The van der Waals surface area contributed by atoms with E-state index >= 15 is 0 Å². The van der Waals surface area contributed by atoms with Crippen LogP contribution in [0.2, 0.25) is 0 Å². The van der Waals surface area contributed by atoms with E-state index in [0.29, 0.717) is 0 Å². The summed E-state index contributed by atoms with van der Waals surface area (Å²) < 4.78 is 0. The fraction of sp³-hybridized carbons (Fsp3) is 0.278. The third-order valence-corrected chi connectivity index (χ3v) is 3.40. The van der Waals surface area contributed by atoms with Gasteiger partial charge in [-0.15, -0.1) is 0 Å². The summed E-state index contributed by atoms with van der Waals surface area (Å²) in [5.41, 5.74) is 3.20. The Kier molecular flexibility index (Phi) is 4.94. The molecule has 0 heterocycles. The van der Waals surface area contributed by atoms with Crippen molar-refractivity contribution in [2.45, 2.75) is 32.7 Å². The maximum Gasteiger partial charge on any atom is 0.251 e. The van der Waals surface area contributed by atoms with Crippen molar-refractivity contribution < 1.29 is 4.79 Å². The van der Waals surface area contributed by atoms with Crippen LogP contribution in [0.5, 0.6) is 0 Å². The summed E-state index contributed by atoms with van der Waals surface area (Å²) in [5.74, 6) is 0.00515. The number of aryl methyl sites for hydroxylation is 2. The van der Waals surface area contributed by atoms with Gasteiger partial charge in [0.15, 0.2) is 0 Å². The van der Waals surface area contributed by atoms with E-state index in [4.69, 9.17) is 0 Å². The third kappa shape index (κ3) is 4.23. The Labute approximate surface area is 120 Å². The van der Waals surface area contributed by atoms with Gasteiger partial charge in [-0.05, 0) is 44.4 Å². The highest BCUT2D eigenvalue weighted by Gasteiger charge is 2.09. The van der Waals surface area contributed by atoms with Crippen molar-refractivity contribution in [3.05, 3.63) is 71.3 Å². The summed E-state index contributed by atoms with van der Waals surface area (Å²) in [4.78, 5) is 12.1. The largest absolute Gasteiger partial charge is 0.350 e. The van der Waals surface area contributed by atoms with E-state index in [-0.39, 0.29) is 11.9 Å². The number of carbonyl (C=O) groups excluding carboxylic acids is 1. The van der Waals surface area contributed by atoms with Gasteiger partial charge in [0.05, 0.1) is 0 Å². The predicted octanol–water partition coefficient (Wildman–Crippen LogP) is 3.75. The van der Waals surface area contributed by atoms with E-state index in [1.165, 1.54) is 11.1 Å². The molecule has 0 aliphatic rings. The molecule has 2 aromatic carbocycles. The minimum atomic E-state index is 0.00515. The second-order valence-electron chi connectivity index (χ2n) is 5.26. The predicted molar refractivity (Wildman–Crippen MR) is 82.9 cm³/mol. The molecule has 104 valence electrons. The minimum Gasteiger partial charge on any atom is -0.350 e. The molecule has 1 amide bonds. The smallest absolute Gasteiger partial charge is 0.251 e. The molecule has 0 aromatic heterocycles. The molecule has 0 radical (unpaired) electrons. The Bertz CT molecular complexity index is 545. The van der Waals surface area contributed by atoms with Crippen molar-refractivity contribution >= 4 is 5.91 Å². The van der Waals surface area contributed by atoms with Crippen LogP contribution in [0.1, 0.15) is 34.8 Å². The van der Waals surface area contributed by atoms with E-state index in [1.807, 2.05) is 49.4 Å². The standard InChI is InChI=1S/C18H21NO/c1-14-8-12-17(13-9-14)18(20)19-15(2)10-11-16-6-4-3-5-7-16/h3-9,12-13,15H,10-11H2,1-2H3,(H,19,20)/t15-/m0/s1. The Morgan fingerprint density at radius 3 is 2.35 bits per heavy atom. The van der Waals surface area contributed by atoms with Gasteiger partial charge in [0, 0.05) is 11.6 Å². The second kappa shape index (κ2) is 6.90. The lowest BCUT2D eigenvalue weighted by atomic mass is 10.1. The van der Waals surface area contributed by atoms with Crippen LogP contribution in [0.25, 0.3) is 0 Å². The van der Waals surface area contributed by atoms with Crippen LogP contribution < -0.4 is 5.32 Å². The normalized spacial score (nSPS) is 11.9. The highest BCUT2D eigenvalue weighted by Crippen LogP contribution is 2.07. The first-order valence-corrected chi connectivity index (χ1v) is 7.06. The molecule has 0 aliphatic heterocycles. The zero-order valence-electron chi connectivity index (χ0n) is 12.1. The van der Waals surface area contributed by atoms with Crippen LogP contribution in [0.4, 0.5) is 0 Å². The minimum absolute atomic E-state index is 0.00515. The van der Waals surface area contributed by atoms with Crippen molar-refractivity contribution in [3.8, 4) is 0 Å². The number of hydrogen-bond donors (Lipinski definition) is 1. The summed E-state index contributed by atoms with van der Waals surface area (Å²) in [6.45, 7) is 4.07. The Balaban J connectivity index is 1.83. The highest BCUT2D eigenvalue weighted by atomic mass is 16.1. The average Bonchev–Trinajstić information content (AvgIpc) is 2.47. The first-order valence-electron chi connectivity index (χ1n) is 7.06. The van der Waals surface area contributed by atoms with Crippen LogP contribution in [-0.4, -0.2) is 11.9 Å². The number of benzene rings is 2. The van der Waals surface area contributed by atoms with Crippen molar-refractivity contribution in [2.75, 3.05) is 0 Å². The molecule has 2 nitrogen and oxygen atoms in total. The maximum absolute atomic E-state index is 12.1. The van der Waals surface area contributed by atoms with E-state index in [0.717, 1.165) is 18.4 Å². The lowest BCUT2D eigenvalue weighted by molar-refractivity contribution is 0.0938. The molecular formula is C18H21NO. The molecule has 2 rings (SSSR count). The number of rotatable bonds is 5. The number of amides is 1. The molecule has 0 aliphatic carbocycles. The molecule has 1 N–H and O–H groups in total. The molecule has 20 heavy (non-hydrogen) atoms. The molecule has 0 fully saturated rings. The van der Waals surface area contributed by atoms with E-state index in [1.54, 1.807) is 0 Å². The monoisotopic (exact) mass is 267 g/mol. The number of nitrogens with one attached hydrogen (secondary N) is 1. The van der Waals surface area contributed by atoms with Crippen molar-refractivity contribution in [3.63, 3.8) is 0 Å². The topological polar surface area (TPSA) is 29.1 Å². The third-order valence-electron chi connectivity index (χ3n) is 3.40. The zero-order chi connectivity index (χ0) is 14.4. The zero-order valence-corrected chi connectivity index (χ0v) is 12.1. The van der Waals surface area contributed by atoms with Gasteiger partial charge in [-0.1, -0.05) is 48.0 Å². The average molecular weight is 267 g/mol. The molecule has 1 atom stereocenters. The van der Waals surface area contributed by atoms with E-state index < -0.39 is 0 Å². The molecule has 2 aromatic rings. The second-order valence-corrected chi connectivity index (χ2v) is 5.26. The summed E-state index contributed by atoms with van der Waals surface area (Å²) in [5, 5.41) is 3.05. The van der Waals surface area contributed by atoms with Crippen LogP contribution in [0.15, 0.2) is 54.6 Å². The Morgan fingerprint density at radius 1 is 1.05 bits per heavy atom. The van der Waals surface area contributed by atoms with Crippen molar-refractivity contribution in [1.29, 1.82) is 0 Å². The van der Waals surface area contributed by atoms with Gasteiger partial charge in [-0.3, -0.25) is 4.79 Å². The number of hydrogen-bond acceptors (Lipinski definition) is 1. The summed E-state index contributed by atoms with van der Waals surface area (Å²) in [6, 6.07) is 18.2. The van der Waals surface area contributed by atoms with E-state index in [9.17, 15) is 4.79 Å². The molecule has 0 spiro atoms. The van der Waals surface area contributed by atoms with Gasteiger partial charge in [-0.2, -0.15) is 0 Å². The molecule has 0 unspecified atom stereocenters. The Hall–Kier alpha value is -2.09. The van der Waals surface area contributed by atoms with Gasteiger partial charge in [0.25, 0.3) is 5.91 Å².